The van der Waals surface area contributed by atoms with E-state index in [1.807, 2.05) is 6.07 Å². The minimum atomic E-state index is -0.338. The van der Waals surface area contributed by atoms with Crippen molar-refractivity contribution in [2.24, 2.45) is 0 Å². The van der Waals surface area contributed by atoms with Crippen LogP contribution in [-0.2, 0) is 6.54 Å². The number of H-pyrrole nitrogens is 1. The third-order valence-corrected chi connectivity index (χ3v) is 4.65. The number of aliphatic hydroxyl groups excluding tert-OH is 1. The fraction of sp³-hybridized carbons (Fsp3) is 0.278. The molecule has 146 valence electrons. The minimum absolute atomic E-state index is 0.128. The Morgan fingerprint density at radius 2 is 2.07 bits per heavy atom. The summed E-state index contributed by atoms with van der Waals surface area (Å²) in [4.78, 5) is 31.6. The highest BCUT2D eigenvalue weighted by Crippen LogP contribution is 2.28. The van der Waals surface area contributed by atoms with Crippen LogP contribution < -0.4 is 0 Å². The molecule has 2 N–H and O–H groups in total. The van der Waals surface area contributed by atoms with Crippen molar-refractivity contribution in [2.45, 2.75) is 13.5 Å². The molecule has 3 rings (SSSR count). The van der Waals surface area contributed by atoms with Crippen LogP contribution in [0.4, 0.5) is 0 Å². The van der Waals surface area contributed by atoms with Gasteiger partial charge in [0.1, 0.15) is 5.69 Å². The summed E-state index contributed by atoms with van der Waals surface area (Å²) < 4.78 is 0.765. The molecule has 0 unspecified atom stereocenters. The number of carbonyl (C=O) groups is 2. The van der Waals surface area contributed by atoms with Gasteiger partial charge in [0, 0.05) is 24.1 Å². The number of hydrogen-bond acceptors (Lipinski definition) is 6. The molecule has 0 aliphatic heterocycles. The van der Waals surface area contributed by atoms with E-state index in [2.05, 4.69) is 36.3 Å². The topological polar surface area (TPSA) is 117 Å². The van der Waals surface area contributed by atoms with Crippen LogP contribution in [0.3, 0.4) is 0 Å². The molecule has 0 atom stereocenters. The van der Waals surface area contributed by atoms with Crippen molar-refractivity contribution in [3.05, 3.63) is 51.1 Å². The SMILES string of the molecule is Cc1c(-c2nnn(CCO)n2)[nH]c(C(=O)N(C)C)c1C(=O)c1cccc(Br)c1. The number of aromatic nitrogens is 5. The number of aromatic amines is 1. The zero-order valence-corrected chi connectivity index (χ0v) is 17.2. The van der Waals surface area contributed by atoms with Crippen molar-refractivity contribution >= 4 is 27.6 Å². The monoisotopic (exact) mass is 446 g/mol. The number of halogens is 1. The largest absolute Gasteiger partial charge is 0.394 e. The predicted molar refractivity (Wildman–Crippen MR) is 105 cm³/mol. The molecule has 0 spiro atoms. The molecular formula is C18H19BrN6O3. The Kier molecular flexibility index (Phi) is 5.71. The van der Waals surface area contributed by atoms with Crippen molar-refractivity contribution < 1.29 is 14.7 Å². The Balaban J connectivity index is 2.15. The first kappa shape index (κ1) is 19.9. The van der Waals surface area contributed by atoms with Crippen LogP contribution in [0.25, 0.3) is 11.5 Å². The second kappa shape index (κ2) is 8.03. The summed E-state index contributed by atoms with van der Waals surface area (Å²) in [5.74, 6) is -0.378. The number of amides is 1. The molecule has 0 saturated carbocycles. The highest BCUT2D eigenvalue weighted by Gasteiger charge is 2.28. The normalized spacial score (nSPS) is 10.9. The van der Waals surface area contributed by atoms with E-state index in [0.717, 1.165) is 4.47 Å². The van der Waals surface area contributed by atoms with Gasteiger partial charge in [0.15, 0.2) is 5.78 Å². The third-order valence-electron chi connectivity index (χ3n) is 4.16. The number of nitrogens with one attached hydrogen (secondary N) is 1. The highest BCUT2D eigenvalue weighted by atomic mass is 79.9. The average molecular weight is 447 g/mol. The Hall–Kier alpha value is -2.85. The van der Waals surface area contributed by atoms with Crippen LogP contribution in [-0.4, -0.2) is 67.6 Å². The van der Waals surface area contributed by atoms with E-state index in [4.69, 9.17) is 5.11 Å². The van der Waals surface area contributed by atoms with Crippen LogP contribution in [0.2, 0.25) is 0 Å². The molecule has 9 nitrogen and oxygen atoms in total. The summed E-state index contributed by atoms with van der Waals surface area (Å²) in [7, 11) is 3.22. The number of benzene rings is 1. The standard InChI is InChI=1S/C18H19BrN6O3/c1-10-13(16(27)11-5-4-6-12(19)9-11)15(18(28)24(2)3)20-14(10)17-21-23-25(22-17)7-8-26/h4-6,9,20,26H,7-8H2,1-3H3. The molecule has 0 bridgehead atoms. The number of tetrazole rings is 1. The zero-order chi connectivity index (χ0) is 20.4. The predicted octanol–water partition coefficient (Wildman–Crippen LogP) is 1.66. The fourth-order valence-corrected chi connectivity index (χ4v) is 3.19. The van der Waals surface area contributed by atoms with Gasteiger partial charge in [-0.25, -0.2) is 0 Å². The van der Waals surface area contributed by atoms with E-state index >= 15 is 0 Å². The Morgan fingerprint density at radius 1 is 1.32 bits per heavy atom. The third kappa shape index (κ3) is 3.73. The van der Waals surface area contributed by atoms with Gasteiger partial charge in [-0.05, 0) is 29.8 Å². The Morgan fingerprint density at radius 3 is 2.71 bits per heavy atom. The van der Waals surface area contributed by atoms with Gasteiger partial charge in [-0.1, -0.05) is 28.1 Å². The van der Waals surface area contributed by atoms with Crippen molar-refractivity contribution in [1.82, 2.24) is 30.1 Å². The summed E-state index contributed by atoms with van der Waals surface area (Å²) in [6.07, 6.45) is 0. The van der Waals surface area contributed by atoms with Gasteiger partial charge < -0.3 is 15.0 Å². The molecule has 2 aromatic heterocycles. The molecule has 0 radical (unpaired) electrons. The minimum Gasteiger partial charge on any atom is -0.394 e. The van der Waals surface area contributed by atoms with E-state index in [9.17, 15) is 9.59 Å². The fourth-order valence-electron chi connectivity index (χ4n) is 2.79. The molecule has 2 heterocycles. The number of hydrogen-bond donors (Lipinski definition) is 2. The van der Waals surface area contributed by atoms with Crippen molar-refractivity contribution in [1.29, 1.82) is 0 Å². The first-order valence-corrected chi connectivity index (χ1v) is 9.26. The maximum atomic E-state index is 13.2. The number of carbonyl (C=O) groups excluding carboxylic acids is 2. The molecule has 28 heavy (non-hydrogen) atoms. The summed E-state index contributed by atoms with van der Waals surface area (Å²) in [6.45, 7) is 1.80. The van der Waals surface area contributed by atoms with Crippen LogP contribution in [0.5, 0.6) is 0 Å². The molecule has 1 aromatic carbocycles. The summed E-state index contributed by atoms with van der Waals surface area (Å²) in [5.41, 5.74) is 1.88. The lowest BCUT2D eigenvalue weighted by atomic mass is 9.99. The smallest absolute Gasteiger partial charge is 0.270 e. The summed E-state index contributed by atoms with van der Waals surface area (Å²) in [5, 5.41) is 21.1. The van der Waals surface area contributed by atoms with E-state index in [1.165, 1.54) is 9.70 Å². The number of ketones is 1. The Bertz CT molecular complexity index is 1040. The quantitative estimate of drug-likeness (QED) is 0.556. The molecule has 0 fully saturated rings. The number of nitrogens with zero attached hydrogens (tertiary/aromatic N) is 5. The van der Waals surface area contributed by atoms with Gasteiger partial charge in [0.05, 0.1) is 24.4 Å². The van der Waals surface area contributed by atoms with Crippen LogP contribution in [0, 0.1) is 6.92 Å². The lowest BCUT2D eigenvalue weighted by Crippen LogP contribution is -2.24. The molecule has 3 aromatic rings. The van der Waals surface area contributed by atoms with Gasteiger partial charge in [-0.15, -0.1) is 10.2 Å². The second-order valence-corrected chi connectivity index (χ2v) is 7.26. The highest BCUT2D eigenvalue weighted by molar-refractivity contribution is 9.10. The molecular weight excluding hydrogens is 428 g/mol. The van der Waals surface area contributed by atoms with Crippen LogP contribution in [0.1, 0.15) is 32.0 Å². The van der Waals surface area contributed by atoms with Crippen LogP contribution in [0.15, 0.2) is 28.7 Å². The van der Waals surface area contributed by atoms with Gasteiger partial charge in [0.25, 0.3) is 5.91 Å². The molecule has 0 aliphatic carbocycles. The number of rotatable bonds is 6. The molecule has 0 saturated heterocycles. The maximum Gasteiger partial charge on any atom is 0.270 e. The van der Waals surface area contributed by atoms with Gasteiger partial charge in [-0.3, -0.25) is 9.59 Å². The van der Waals surface area contributed by atoms with E-state index in [0.29, 0.717) is 16.8 Å². The molecule has 10 heteroatoms. The molecule has 0 aliphatic rings. The lowest BCUT2D eigenvalue weighted by molar-refractivity contribution is 0.0817. The van der Waals surface area contributed by atoms with Gasteiger partial charge in [0.2, 0.25) is 5.82 Å². The maximum absolute atomic E-state index is 13.2. The number of aliphatic hydroxyl groups is 1. The Labute approximate surface area is 169 Å². The van der Waals surface area contributed by atoms with E-state index < -0.39 is 0 Å². The zero-order valence-electron chi connectivity index (χ0n) is 15.6. The molecule has 1 amide bonds. The van der Waals surface area contributed by atoms with Crippen molar-refractivity contribution in [3.63, 3.8) is 0 Å². The second-order valence-electron chi connectivity index (χ2n) is 6.35. The lowest BCUT2D eigenvalue weighted by Gasteiger charge is -2.11. The van der Waals surface area contributed by atoms with E-state index in [-0.39, 0.29) is 41.9 Å². The van der Waals surface area contributed by atoms with Crippen LogP contribution >= 0.6 is 15.9 Å². The van der Waals surface area contributed by atoms with E-state index in [1.54, 1.807) is 39.2 Å². The summed E-state index contributed by atoms with van der Waals surface area (Å²) in [6, 6.07) is 6.98. The first-order chi connectivity index (χ1) is 13.3. The van der Waals surface area contributed by atoms with Crippen molar-refractivity contribution in [2.75, 3.05) is 20.7 Å². The van der Waals surface area contributed by atoms with Crippen molar-refractivity contribution in [3.8, 4) is 11.5 Å². The van der Waals surface area contributed by atoms with Gasteiger partial charge >= 0.3 is 0 Å². The average Bonchev–Trinajstić information content (AvgIpc) is 3.25. The van der Waals surface area contributed by atoms with Gasteiger partial charge in [-0.2, -0.15) is 4.80 Å². The summed E-state index contributed by atoms with van der Waals surface area (Å²) >= 11 is 3.36. The first-order valence-electron chi connectivity index (χ1n) is 8.47.